The van der Waals surface area contributed by atoms with E-state index in [0.717, 1.165) is 121 Å². The van der Waals surface area contributed by atoms with Gasteiger partial charge in [-0.1, -0.05) is 285 Å². The van der Waals surface area contributed by atoms with Gasteiger partial charge in [-0.2, -0.15) is 0 Å². The molecule has 17 nitrogen and oxygen atoms in total. The van der Waals surface area contributed by atoms with Crippen LogP contribution in [0.3, 0.4) is 0 Å². The lowest BCUT2D eigenvalue weighted by Gasteiger charge is -2.21. The second kappa shape index (κ2) is 62.4. The van der Waals surface area contributed by atoms with Crippen molar-refractivity contribution < 1.29 is 80.2 Å². The molecule has 0 aliphatic heterocycles. The smallest absolute Gasteiger partial charge is 0.462 e. The molecule has 3 N–H and O–H groups in total. The van der Waals surface area contributed by atoms with Gasteiger partial charge in [-0.05, 0) is 69.1 Å². The Hall–Kier alpha value is -2.46. The molecule has 0 aromatic heterocycles. The van der Waals surface area contributed by atoms with E-state index in [1.165, 1.54) is 128 Å². The molecule has 0 aliphatic carbocycles. The lowest BCUT2D eigenvalue weighted by atomic mass is 9.99. The van der Waals surface area contributed by atoms with Crippen LogP contribution in [-0.4, -0.2) is 96.7 Å². The zero-order chi connectivity index (χ0) is 67.3. The van der Waals surface area contributed by atoms with Gasteiger partial charge in [0.2, 0.25) is 0 Å². The van der Waals surface area contributed by atoms with E-state index in [1.54, 1.807) is 0 Å². The fourth-order valence-corrected chi connectivity index (χ4v) is 11.9. The van der Waals surface area contributed by atoms with E-state index in [-0.39, 0.29) is 25.7 Å². The zero-order valence-electron chi connectivity index (χ0n) is 58.8. The molecule has 0 aliphatic rings. The summed E-state index contributed by atoms with van der Waals surface area (Å²) in [5, 5.41) is 10.6. The van der Waals surface area contributed by atoms with Gasteiger partial charge in [0, 0.05) is 25.7 Å². The minimum Gasteiger partial charge on any atom is -0.462 e. The number of hydrogen-bond acceptors (Lipinski definition) is 15. The Morgan fingerprint density at radius 2 is 0.648 bits per heavy atom. The minimum atomic E-state index is -4.96. The Morgan fingerprint density at radius 1 is 0.363 bits per heavy atom. The summed E-state index contributed by atoms with van der Waals surface area (Å²) in [7, 11) is -9.92. The van der Waals surface area contributed by atoms with Crippen LogP contribution in [0.1, 0.15) is 337 Å². The number of ether oxygens (including phenoxy) is 4. The highest BCUT2D eigenvalue weighted by Crippen LogP contribution is 2.45. The number of unbranched alkanes of at least 4 members (excludes halogenated alkanes) is 31. The molecule has 7 atom stereocenters. The number of phosphoric acid groups is 2. The first kappa shape index (κ1) is 88.5. The standard InChI is InChI=1S/C72H136O17P2/c1-8-11-12-13-14-15-16-17-18-19-20-24-33-41-48-55-71(76)89-68(60-83-70(75)54-47-40-35-28-29-36-43-50-63(4)5)62-87-91(80,81)85-58-66(73)57-84-90(78,79)86-61-67(59-82-69(74)53-46-39-32-27-26-31-38-45-52-65(7)10-3)88-72(77)56-49-42-34-25-22-21-23-30-37-44-51-64(6)9-2/h15-18,63-68,73H,8-14,19-62H2,1-7H3,(H,78,79)(H,80,81)/b16-15-,18-17-/t64?,65?,66?,67-,68-/m1/s1. The van der Waals surface area contributed by atoms with Crippen molar-refractivity contribution in [3.63, 3.8) is 0 Å². The number of aliphatic hydroxyl groups excluding tert-OH is 1. The Morgan fingerprint density at radius 3 is 0.978 bits per heavy atom. The summed E-state index contributed by atoms with van der Waals surface area (Å²) in [5.74, 6) is 0.123. The van der Waals surface area contributed by atoms with Crippen LogP contribution in [0.5, 0.6) is 0 Å². The molecule has 0 heterocycles. The van der Waals surface area contributed by atoms with Crippen molar-refractivity contribution in [3.05, 3.63) is 24.3 Å². The van der Waals surface area contributed by atoms with Crippen LogP contribution in [0.15, 0.2) is 24.3 Å². The molecule has 91 heavy (non-hydrogen) atoms. The molecule has 0 saturated carbocycles. The summed E-state index contributed by atoms with van der Waals surface area (Å²) in [6, 6.07) is 0. The summed E-state index contributed by atoms with van der Waals surface area (Å²) in [5.41, 5.74) is 0. The zero-order valence-corrected chi connectivity index (χ0v) is 60.6. The first-order valence-corrected chi connectivity index (χ1v) is 39.7. The molecular weight excluding hydrogens is 1200 g/mol. The SMILES string of the molecule is CCCCCC/C=C\C=C/CCCCCCCC(=O)O[C@H](COC(=O)CCCCCCCCCC(C)C)COP(=O)(O)OCC(O)COP(=O)(O)OC[C@@H](COC(=O)CCCCCCCCCCC(C)CC)OC(=O)CCCCCCCCCCCCC(C)CC. The first-order valence-electron chi connectivity index (χ1n) is 36.7. The van der Waals surface area contributed by atoms with E-state index in [0.29, 0.717) is 31.6 Å². The van der Waals surface area contributed by atoms with E-state index in [9.17, 15) is 43.2 Å². The topological polar surface area (TPSA) is 237 Å². The Bertz CT molecular complexity index is 1880. The summed E-state index contributed by atoms with van der Waals surface area (Å²) in [6.45, 7) is 11.8. The van der Waals surface area contributed by atoms with E-state index < -0.39 is 97.5 Å². The summed E-state index contributed by atoms with van der Waals surface area (Å²) in [6.07, 6.45) is 49.3. The van der Waals surface area contributed by atoms with E-state index in [2.05, 4.69) is 72.8 Å². The van der Waals surface area contributed by atoms with Gasteiger partial charge in [0.15, 0.2) is 12.2 Å². The molecule has 19 heteroatoms. The fourth-order valence-electron chi connectivity index (χ4n) is 10.3. The molecule has 0 fully saturated rings. The van der Waals surface area contributed by atoms with Crippen molar-refractivity contribution in [2.45, 2.75) is 356 Å². The lowest BCUT2D eigenvalue weighted by Crippen LogP contribution is -2.30. The monoisotopic (exact) mass is 1330 g/mol. The third-order valence-corrected chi connectivity index (χ3v) is 18.6. The molecule has 0 spiro atoms. The maximum atomic E-state index is 13.0. The van der Waals surface area contributed by atoms with Crippen LogP contribution >= 0.6 is 15.6 Å². The van der Waals surface area contributed by atoms with Crippen molar-refractivity contribution >= 4 is 39.5 Å². The lowest BCUT2D eigenvalue weighted by molar-refractivity contribution is -0.161. The molecule has 0 bridgehead atoms. The highest BCUT2D eigenvalue weighted by molar-refractivity contribution is 7.47. The maximum Gasteiger partial charge on any atom is 0.472 e. The molecule has 0 amide bonds. The predicted octanol–water partition coefficient (Wildman–Crippen LogP) is 20.2. The average Bonchev–Trinajstić information content (AvgIpc) is 3.48. The van der Waals surface area contributed by atoms with Gasteiger partial charge < -0.3 is 33.8 Å². The number of allylic oxidation sites excluding steroid dienone is 4. The molecule has 0 aromatic carbocycles. The van der Waals surface area contributed by atoms with Gasteiger partial charge in [-0.3, -0.25) is 37.3 Å². The first-order chi connectivity index (χ1) is 43.8. The van der Waals surface area contributed by atoms with Crippen LogP contribution in [0.4, 0.5) is 0 Å². The van der Waals surface area contributed by atoms with Crippen LogP contribution in [0.25, 0.3) is 0 Å². The highest BCUT2D eigenvalue weighted by Gasteiger charge is 2.30. The summed E-state index contributed by atoms with van der Waals surface area (Å²) >= 11 is 0. The number of aliphatic hydroxyl groups is 1. The number of carbonyl (C=O) groups is 4. The van der Waals surface area contributed by atoms with Crippen molar-refractivity contribution in [1.29, 1.82) is 0 Å². The quantitative estimate of drug-likeness (QED) is 0.0169. The highest BCUT2D eigenvalue weighted by atomic mass is 31.2. The maximum absolute atomic E-state index is 13.0. The molecule has 0 aromatic rings. The van der Waals surface area contributed by atoms with E-state index >= 15 is 0 Å². The Kier molecular flexibility index (Phi) is 60.7. The summed E-state index contributed by atoms with van der Waals surface area (Å²) < 4.78 is 68.3. The number of esters is 4. The van der Waals surface area contributed by atoms with Gasteiger partial charge in [0.1, 0.15) is 19.3 Å². The van der Waals surface area contributed by atoms with Crippen molar-refractivity contribution in [1.82, 2.24) is 0 Å². The van der Waals surface area contributed by atoms with Crippen LogP contribution in [0, 0.1) is 17.8 Å². The molecule has 5 unspecified atom stereocenters. The average molecular weight is 1340 g/mol. The number of rotatable bonds is 68. The van der Waals surface area contributed by atoms with E-state index in [1.807, 2.05) is 0 Å². The predicted molar refractivity (Wildman–Crippen MR) is 367 cm³/mol. The van der Waals surface area contributed by atoms with Crippen molar-refractivity contribution in [3.8, 4) is 0 Å². The van der Waals surface area contributed by atoms with Gasteiger partial charge in [-0.25, -0.2) is 9.13 Å². The number of carbonyl (C=O) groups excluding carboxylic acids is 4. The Labute approximate surface area is 554 Å². The van der Waals surface area contributed by atoms with Gasteiger partial charge in [0.05, 0.1) is 26.4 Å². The number of hydrogen-bond donors (Lipinski definition) is 3. The fraction of sp³-hybridized carbons (Fsp3) is 0.889. The van der Waals surface area contributed by atoms with Crippen molar-refractivity contribution in [2.75, 3.05) is 39.6 Å². The third kappa shape index (κ3) is 63.4. The summed E-state index contributed by atoms with van der Waals surface area (Å²) in [4.78, 5) is 72.6. The van der Waals surface area contributed by atoms with E-state index in [4.69, 9.17) is 37.0 Å². The molecule has 0 saturated heterocycles. The number of phosphoric ester groups is 2. The van der Waals surface area contributed by atoms with Gasteiger partial charge in [0.25, 0.3) is 0 Å². The normalized spacial score (nSPS) is 14.9. The van der Waals surface area contributed by atoms with Crippen molar-refractivity contribution in [2.24, 2.45) is 17.8 Å². The Balaban J connectivity index is 5.30. The van der Waals surface area contributed by atoms with Gasteiger partial charge >= 0.3 is 39.5 Å². The second-order valence-corrected chi connectivity index (χ2v) is 29.2. The molecular formula is C72H136O17P2. The third-order valence-electron chi connectivity index (χ3n) is 16.7. The molecule has 0 radical (unpaired) electrons. The molecule has 536 valence electrons. The minimum absolute atomic E-state index is 0.0838. The van der Waals surface area contributed by atoms with Crippen LogP contribution in [0.2, 0.25) is 0 Å². The van der Waals surface area contributed by atoms with Gasteiger partial charge in [-0.15, -0.1) is 0 Å². The largest absolute Gasteiger partial charge is 0.472 e. The van der Waals surface area contributed by atoms with Crippen LogP contribution in [-0.2, 0) is 65.4 Å². The van der Waals surface area contributed by atoms with Crippen LogP contribution < -0.4 is 0 Å². The second-order valence-electron chi connectivity index (χ2n) is 26.3. The molecule has 0 rings (SSSR count).